The highest BCUT2D eigenvalue weighted by Crippen LogP contribution is 2.39. The molecule has 1 aromatic carbocycles. The number of carbonyl (C=O) groups is 2. The summed E-state index contributed by atoms with van der Waals surface area (Å²) in [5.74, 6) is -0.725. The number of ketones is 1. The lowest BCUT2D eigenvalue weighted by atomic mass is 10.0. The van der Waals surface area contributed by atoms with Crippen LogP contribution in [-0.4, -0.2) is 18.9 Å². The second-order valence-corrected chi connectivity index (χ2v) is 7.71. The maximum absolute atomic E-state index is 12.2. The van der Waals surface area contributed by atoms with E-state index in [1.165, 1.54) is 39.0 Å². The number of benzene rings is 1. The number of aryl methyl sites for hydroxylation is 1. The van der Waals surface area contributed by atoms with Crippen molar-refractivity contribution in [3.63, 3.8) is 0 Å². The molecule has 0 spiro atoms. The number of hydrogen-bond acceptors (Lipinski definition) is 5. The van der Waals surface area contributed by atoms with Gasteiger partial charge in [-0.15, -0.1) is 22.7 Å². The zero-order chi connectivity index (χ0) is 18.7. The third kappa shape index (κ3) is 3.54. The van der Waals surface area contributed by atoms with E-state index in [0.717, 1.165) is 11.1 Å². The Hall–Kier alpha value is -2.50. The van der Waals surface area contributed by atoms with Crippen LogP contribution >= 0.6 is 22.7 Å². The zero-order valence-corrected chi connectivity index (χ0v) is 16.2. The smallest absolute Gasteiger partial charge is 0.313 e. The van der Waals surface area contributed by atoms with Crippen molar-refractivity contribution in [1.29, 1.82) is 0 Å². The van der Waals surface area contributed by atoms with Crippen LogP contribution in [0.3, 0.4) is 0 Å². The highest BCUT2D eigenvalue weighted by molar-refractivity contribution is 7.20. The van der Waals surface area contributed by atoms with E-state index in [0.29, 0.717) is 4.88 Å². The number of esters is 1. The normalized spacial score (nSPS) is 11.2. The summed E-state index contributed by atoms with van der Waals surface area (Å²) >= 11 is 3.09. The summed E-state index contributed by atoms with van der Waals surface area (Å²) in [7, 11) is 1.29. The number of hydrogen-bond donors (Lipinski definition) is 0. The van der Waals surface area contributed by atoms with Crippen LogP contribution in [0.5, 0.6) is 0 Å². The van der Waals surface area contributed by atoms with Gasteiger partial charge < -0.3 is 4.74 Å². The summed E-state index contributed by atoms with van der Waals surface area (Å²) in [5.41, 5.74) is 3.33. The van der Waals surface area contributed by atoms with Crippen molar-refractivity contribution in [2.24, 2.45) is 0 Å². The Morgan fingerprint density at radius 3 is 2.85 bits per heavy atom. The molecule has 0 saturated heterocycles. The molecule has 0 fully saturated rings. The summed E-state index contributed by atoms with van der Waals surface area (Å²) < 4.78 is 5.77. The minimum Gasteiger partial charge on any atom is -0.469 e. The predicted molar refractivity (Wildman–Crippen MR) is 110 cm³/mol. The lowest BCUT2D eigenvalue weighted by molar-refractivity contribution is -0.139. The molecular formula is C21H18O3S2. The van der Waals surface area contributed by atoms with Gasteiger partial charge in [0, 0.05) is 15.1 Å². The molecule has 0 amide bonds. The number of allylic oxidation sites excluding steroid dienone is 2. The third-order valence-corrected chi connectivity index (χ3v) is 6.38. The molecular weight excluding hydrogens is 364 g/mol. The van der Waals surface area contributed by atoms with Crippen molar-refractivity contribution >= 4 is 50.6 Å². The summed E-state index contributed by atoms with van der Waals surface area (Å²) in [6.07, 6.45) is 5.54. The Morgan fingerprint density at radius 1 is 1.31 bits per heavy atom. The van der Waals surface area contributed by atoms with Gasteiger partial charge in [-0.3, -0.25) is 9.59 Å². The number of methoxy groups -OCH3 is 1. The lowest BCUT2D eigenvalue weighted by Gasteiger charge is -2.00. The first-order chi connectivity index (χ1) is 12.5. The highest BCUT2D eigenvalue weighted by Gasteiger charge is 2.17. The molecule has 5 heteroatoms. The molecule has 0 bridgehead atoms. The molecule has 26 heavy (non-hydrogen) atoms. The number of rotatable bonds is 6. The molecule has 0 atom stereocenters. The predicted octanol–water partition coefficient (Wildman–Crippen LogP) is 5.88. The second kappa shape index (κ2) is 7.81. The van der Waals surface area contributed by atoms with Crippen LogP contribution in [0.1, 0.15) is 26.5 Å². The van der Waals surface area contributed by atoms with E-state index in [1.807, 2.05) is 23.6 Å². The number of carbonyl (C=O) groups excluding carboxylic acids is 2. The molecule has 3 rings (SSSR count). The van der Waals surface area contributed by atoms with Crippen molar-refractivity contribution in [3.05, 3.63) is 63.7 Å². The minimum atomic E-state index is -0.514. The fourth-order valence-electron chi connectivity index (χ4n) is 2.72. The van der Waals surface area contributed by atoms with Gasteiger partial charge in [0.15, 0.2) is 5.78 Å². The van der Waals surface area contributed by atoms with Gasteiger partial charge in [-0.05, 0) is 41.0 Å². The van der Waals surface area contributed by atoms with Gasteiger partial charge in [0.25, 0.3) is 0 Å². The van der Waals surface area contributed by atoms with Crippen LogP contribution in [-0.2, 0) is 9.53 Å². The summed E-state index contributed by atoms with van der Waals surface area (Å²) in [6.45, 7) is 5.84. The molecule has 0 aliphatic carbocycles. The standard InChI is InChI=1S/C21H18O3S2/c1-4-5-9-18-13(2)15-7-6-8-16(21(15)26-18)14-10-19(25-12-14)17(22)11-20(23)24-3/h4-10,12H,1,11H2,2-3H3/b9-5-. The van der Waals surface area contributed by atoms with Gasteiger partial charge >= 0.3 is 5.97 Å². The average Bonchev–Trinajstić information content (AvgIpc) is 3.25. The van der Waals surface area contributed by atoms with Crippen molar-refractivity contribution in [1.82, 2.24) is 0 Å². The Kier molecular flexibility index (Phi) is 5.49. The van der Waals surface area contributed by atoms with E-state index in [-0.39, 0.29) is 12.2 Å². The SMILES string of the molecule is C=C/C=C\c1sc2c(-c3csc(C(=O)CC(=O)OC)c3)cccc2c1C. The molecule has 0 unspecified atom stereocenters. The molecule has 3 aromatic rings. The van der Waals surface area contributed by atoms with E-state index in [1.54, 1.807) is 17.4 Å². The van der Waals surface area contributed by atoms with Gasteiger partial charge in [0.2, 0.25) is 0 Å². The van der Waals surface area contributed by atoms with Crippen molar-refractivity contribution in [2.75, 3.05) is 7.11 Å². The van der Waals surface area contributed by atoms with Crippen LogP contribution in [0, 0.1) is 6.92 Å². The van der Waals surface area contributed by atoms with Gasteiger partial charge in [0.05, 0.1) is 12.0 Å². The topological polar surface area (TPSA) is 43.4 Å². The maximum Gasteiger partial charge on any atom is 0.313 e. The van der Waals surface area contributed by atoms with Crippen LogP contribution in [0.2, 0.25) is 0 Å². The van der Waals surface area contributed by atoms with Crippen LogP contribution in [0.4, 0.5) is 0 Å². The van der Waals surface area contributed by atoms with E-state index in [9.17, 15) is 9.59 Å². The number of fused-ring (bicyclic) bond motifs is 1. The lowest BCUT2D eigenvalue weighted by Crippen LogP contribution is -2.08. The average molecular weight is 383 g/mol. The number of ether oxygens (including phenoxy) is 1. The van der Waals surface area contributed by atoms with E-state index in [4.69, 9.17) is 0 Å². The summed E-state index contributed by atoms with van der Waals surface area (Å²) in [5, 5.41) is 3.18. The third-order valence-electron chi connectivity index (χ3n) is 4.10. The monoisotopic (exact) mass is 382 g/mol. The van der Waals surface area contributed by atoms with Gasteiger partial charge in [-0.2, -0.15) is 0 Å². The molecule has 0 saturated carbocycles. The largest absolute Gasteiger partial charge is 0.469 e. The van der Waals surface area contributed by atoms with Crippen LogP contribution < -0.4 is 0 Å². The van der Waals surface area contributed by atoms with E-state index in [2.05, 4.69) is 36.4 Å². The second-order valence-electron chi connectivity index (χ2n) is 5.74. The van der Waals surface area contributed by atoms with Gasteiger partial charge in [-0.1, -0.05) is 36.9 Å². The fraction of sp³-hybridized carbons (Fsp3) is 0.143. The summed E-state index contributed by atoms with van der Waals surface area (Å²) in [4.78, 5) is 25.3. The minimum absolute atomic E-state index is 0.211. The first-order valence-electron chi connectivity index (χ1n) is 8.05. The van der Waals surface area contributed by atoms with Crippen molar-refractivity contribution in [3.8, 4) is 11.1 Å². The molecule has 2 aromatic heterocycles. The van der Waals surface area contributed by atoms with Crippen molar-refractivity contribution in [2.45, 2.75) is 13.3 Å². The molecule has 2 heterocycles. The van der Waals surface area contributed by atoms with Crippen LogP contribution in [0.25, 0.3) is 27.3 Å². The fourth-order valence-corrected chi connectivity index (χ4v) is 4.82. The quantitative estimate of drug-likeness (QED) is 0.231. The number of Topliss-reactive ketones (excluding diaryl/α,β-unsaturated/α-hetero) is 1. The van der Waals surface area contributed by atoms with E-state index >= 15 is 0 Å². The van der Waals surface area contributed by atoms with Crippen LogP contribution in [0.15, 0.2) is 48.4 Å². The van der Waals surface area contributed by atoms with Crippen molar-refractivity contribution < 1.29 is 14.3 Å². The maximum atomic E-state index is 12.2. The zero-order valence-electron chi connectivity index (χ0n) is 14.6. The molecule has 132 valence electrons. The Bertz CT molecular complexity index is 1020. The van der Waals surface area contributed by atoms with Gasteiger partial charge in [0.1, 0.15) is 6.42 Å². The highest BCUT2D eigenvalue weighted by atomic mass is 32.1. The van der Waals surface area contributed by atoms with Gasteiger partial charge in [-0.25, -0.2) is 0 Å². The Morgan fingerprint density at radius 2 is 2.12 bits per heavy atom. The molecule has 0 aliphatic rings. The molecule has 3 nitrogen and oxygen atoms in total. The Labute approximate surface area is 160 Å². The molecule has 0 radical (unpaired) electrons. The Balaban J connectivity index is 2.01. The first kappa shape index (κ1) is 18.3. The first-order valence-corrected chi connectivity index (χ1v) is 9.75. The molecule has 0 aliphatic heterocycles. The molecule has 0 N–H and O–H groups in total. The summed E-state index contributed by atoms with van der Waals surface area (Å²) in [6, 6.07) is 8.08. The number of thiophene rings is 2. The van der Waals surface area contributed by atoms with E-state index < -0.39 is 5.97 Å².